The minimum atomic E-state index is -4.36. The van der Waals surface area contributed by atoms with Gasteiger partial charge in [0.25, 0.3) is 0 Å². The van der Waals surface area contributed by atoms with Crippen LogP contribution >= 0.6 is 0 Å². The highest BCUT2D eigenvalue weighted by molar-refractivity contribution is 5.68. The number of halogens is 3. The molecule has 152 valence electrons. The minimum Gasteiger partial charge on any atom is -0.444 e. The first-order valence-corrected chi connectivity index (χ1v) is 8.99. The first-order valence-electron chi connectivity index (χ1n) is 8.99. The van der Waals surface area contributed by atoms with Crippen LogP contribution in [0.15, 0.2) is 36.5 Å². The molecule has 1 aliphatic rings. The number of rotatable bonds is 2. The fraction of sp³-hybridized carbons (Fsp3) is 0.474. The molecule has 0 atom stereocenters. The maximum atomic E-state index is 12.7. The zero-order chi connectivity index (χ0) is 20.5. The van der Waals surface area contributed by atoms with Gasteiger partial charge in [0.15, 0.2) is 5.82 Å². The van der Waals surface area contributed by atoms with Gasteiger partial charge in [-0.2, -0.15) is 18.3 Å². The Labute approximate surface area is 161 Å². The molecule has 9 heteroatoms. The predicted molar refractivity (Wildman–Crippen MR) is 98.6 cm³/mol. The Hall–Kier alpha value is -2.71. The molecule has 2 heterocycles. The smallest absolute Gasteiger partial charge is 0.416 e. The van der Waals surface area contributed by atoms with Crippen LogP contribution in [0.5, 0.6) is 0 Å². The number of anilines is 1. The molecule has 2 aromatic rings. The van der Waals surface area contributed by atoms with Gasteiger partial charge >= 0.3 is 12.3 Å². The Bertz CT molecular complexity index is 817. The van der Waals surface area contributed by atoms with Gasteiger partial charge in [-0.3, -0.25) is 0 Å². The van der Waals surface area contributed by atoms with E-state index in [1.165, 1.54) is 16.8 Å². The summed E-state index contributed by atoms with van der Waals surface area (Å²) in [4.78, 5) is 15.8. The third-order valence-electron chi connectivity index (χ3n) is 4.29. The average molecular weight is 396 g/mol. The van der Waals surface area contributed by atoms with E-state index in [1.807, 2.05) is 25.7 Å². The lowest BCUT2D eigenvalue weighted by molar-refractivity contribution is -0.137. The molecule has 3 rings (SSSR count). The monoisotopic (exact) mass is 396 g/mol. The van der Waals surface area contributed by atoms with E-state index in [4.69, 9.17) is 4.74 Å². The normalized spacial score (nSPS) is 15.6. The lowest BCUT2D eigenvalue weighted by atomic mass is 10.2. The largest absolute Gasteiger partial charge is 0.444 e. The molecule has 1 amide bonds. The topological polar surface area (TPSA) is 50.6 Å². The van der Waals surface area contributed by atoms with Crippen molar-refractivity contribution >= 4 is 11.9 Å². The van der Waals surface area contributed by atoms with Gasteiger partial charge in [0.2, 0.25) is 0 Å². The van der Waals surface area contributed by atoms with E-state index in [2.05, 4.69) is 5.10 Å². The lowest BCUT2D eigenvalue weighted by Crippen LogP contribution is -2.50. The Morgan fingerprint density at radius 1 is 1.00 bits per heavy atom. The van der Waals surface area contributed by atoms with Crippen molar-refractivity contribution in [3.8, 4) is 5.69 Å². The first kappa shape index (κ1) is 20.0. The van der Waals surface area contributed by atoms with Crippen LogP contribution in [-0.4, -0.2) is 52.6 Å². The molecule has 1 aromatic carbocycles. The van der Waals surface area contributed by atoms with E-state index < -0.39 is 17.3 Å². The molecule has 1 fully saturated rings. The van der Waals surface area contributed by atoms with Gasteiger partial charge in [0, 0.05) is 38.4 Å². The maximum absolute atomic E-state index is 12.7. The standard InChI is InChI=1S/C19H23F3N4O2/c1-18(2,3)28-17(27)25-12-10-24(11-13-25)16-8-9-26(23-16)15-6-4-14(5-7-15)19(20,21)22/h4-9H,10-13H2,1-3H3. The zero-order valence-corrected chi connectivity index (χ0v) is 16.0. The van der Waals surface area contributed by atoms with Crippen molar-refractivity contribution in [2.45, 2.75) is 32.5 Å². The number of piperazine rings is 1. The Morgan fingerprint density at radius 3 is 2.14 bits per heavy atom. The van der Waals surface area contributed by atoms with Crippen molar-refractivity contribution in [2.24, 2.45) is 0 Å². The summed E-state index contributed by atoms with van der Waals surface area (Å²) in [6.07, 6.45) is -2.98. The van der Waals surface area contributed by atoms with E-state index in [9.17, 15) is 18.0 Å². The SMILES string of the molecule is CC(C)(C)OC(=O)N1CCN(c2ccn(-c3ccc(C(F)(F)F)cc3)n2)CC1. The summed E-state index contributed by atoms with van der Waals surface area (Å²) >= 11 is 0. The molecular formula is C19H23F3N4O2. The van der Waals surface area contributed by atoms with Crippen LogP contribution in [-0.2, 0) is 10.9 Å². The van der Waals surface area contributed by atoms with Crippen LogP contribution in [0.3, 0.4) is 0 Å². The number of alkyl halides is 3. The number of hydrogen-bond donors (Lipinski definition) is 0. The Morgan fingerprint density at radius 2 is 1.61 bits per heavy atom. The highest BCUT2D eigenvalue weighted by Crippen LogP contribution is 2.29. The predicted octanol–water partition coefficient (Wildman–Crippen LogP) is 3.95. The summed E-state index contributed by atoms with van der Waals surface area (Å²) in [6.45, 7) is 7.72. The van der Waals surface area contributed by atoms with Crippen molar-refractivity contribution in [2.75, 3.05) is 31.1 Å². The molecule has 0 N–H and O–H groups in total. The van der Waals surface area contributed by atoms with E-state index in [-0.39, 0.29) is 6.09 Å². The molecule has 1 saturated heterocycles. The van der Waals surface area contributed by atoms with Gasteiger partial charge in [0.05, 0.1) is 11.3 Å². The van der Waals surface area contributed by atoms with Crippen LogP contribution in [0.1, 0.15) is 26.3 Å². The number of hydrogen-bond acceptors (Lipinski definition) is 4. The van der Waals surface area contributed by atoms with Crippen molar-refractivity contribution in [3.05, 3.63) is 42.1 Å². The quantitative estimate of drug-likeness (QED) is 0.771. The van der Waals surface area contributed by atoms with Crippen LogP contribution in [0.4, 0.5) is 23.8 Å². The summed E-state index contributed by atoms with van der Waals surface area (Å²) < 4.78 is 45.0. The zero-order valence-electron chi connectivity index (χ0n) is 16.0. The van der Waals surface area contributed by atoms with E-state index in [0.29, 0.717) is 37.7 Å². The summed E-state index contributed by atoms with van der Waals surface area (Å²) in [6, 6.07) is 6.66. The van der Waals surface area contributed by atoms with Crippen LogP contribution in [0.2, 0.25) is 0 Å². The van der Waals surface area contributed by atoms with E-state index in [0.717, 1.165) is 12.1 Å². The first-order chi connectivity index (χ1) is 13.0. The summed E-state index contributed by atoms with van der Waals surface area (Å²) in [5.74, 6) is 0.712. The van der Waals surface area contributed by atoms with Crippen molar-refractivity contribution in [1.82, 2.24) is 14.7 Å². The summed E-state index contributed by atoms with van der Waals surface area (Å²) in [7, 11) is 0. The Kier molecular flexibility index (Phi) is 5.27. The molecule has 6 nitrogen and oxygen atoms in total. The van der Waals surface area contributed by atoms with Crippen LogP contribution in [0, 0.1) is 0 Å². The van der Waals surface area contributed by atoms with Crippen molar-refractivity contribution in [1.29, 1.82) is 0 Å². The number of carbonyl (C=O) groups is 1. The highest BCUT2D eigenvalue weighted by Gasteiger charge is 2.30. The fourth-order valence-electron chi connectivity index (χ4n) is 2.87. The van der Waals surface area contributed by atoms with Gasteiger partial charge in [-0.25, -0.2) is 9.48 Å². The van der Waals surface area contributed by atoms with Gasteiger partial charge in [-0.05, 0) is 45.0 Å². The van der Waals surface area contributed by atoms with Crippen LogP contribution in [0.25, 0.3) is 5.69 Å². The molecule has 1 aromatic heterocycles. The average Bonchev–Trinajstić information content (AvgIpc) is 3.10. The molecule has 0 spiro atoms. The molecule has 0 unspecified atom stereocenters. The van der Waals surface area contributed by atoms with Gasteiger partial charge < -0.3 is 14.5 Å². The van der Waals surface area contributed by atoms with E-state index >= 15 is 0 Å². The molecule has 0 bridgehead atoms. The number of carbonyl (C=O) groups excluding carboxylic acids is 1. The number of amides is 1. The number of benzene rings is 1. The third kappa shape index (κ3) is 4.76. The van der Waals surface area contributed by atoms with Gasteiger partial charge in [-0.15, -0.1) is 0 Å². The molecular weight excluding hydrogens is 373 g/mol. The second-order valence-electron chi connectivity index (χ2n) is 7.62. The minimum absolute atomic E-state index is 0.331. The molecule has 0 radical (unpaired) electrons. The third-order valence-corrected chi connectivity index (χ3v) is 4.29. The van der Waals surface area contributed by atoms with Gasteiger partial charge in [0.1, 0.15) is 5.60 Å². The number of nitrogens with zero attached hydrogens (tertiary/aromatic N) is 4. The molecule has 0 saturated carbocycles. The molecule has 28 heavy (non-hydrogen) atoms. The van der Waals surface area contributed by atoms with Crippen molar-refractivity contribution in [3.63, 3.8) is 0 Å². The van der Waals surface area contributed by atoms with E-state index in [1.54, 1.807) is 17.2 Å². The summed E-state index contributed by atoms with van der Waals surface area (Å²) in [5.41, 5.74) is -0.678. The number of ether oxygens (including phenoxy) is 1. The summed E-state index contributed by atoms with van der Waals surface area (Å²) in [5, 5.41) is 4.45. The molecule has 0 aliphatic carbocycles. The maximum Gasteiger partial charge on any atom is 0.416 e. The Balaban J connectivity index is 1.62. The lowest BCUT2D eigenvalue weighted by Gasteiger charge is -2.35. The second kappa shape index (κ2) is 7.37. The van der Waals surface area contributed by atoms with Crippen molar-refractivity contribution < 1.29 is 22.7 Å². The second-order valence-corrected chi connectivity index (χ2v) is 7.62. The van der Waals surface area contributed by atoms with Gasteiger partial charge in [-0.1, -0.05) is 0 Å². The number of aromatic nitrogens is 2. The highest BCUT2D eigenvalue weighted by atomic mass is 19.4. The molecule has 1 aliphatic heterocycles. The fourth-order valence-corrected chi connectivity index (χ4v) is 2.87. The van der Waals surface area contributed by atoms with Crippen LogP contribution < -0.4 is 4.90 Å².